The fourth-order valence-corrected chi connectivity index (χ4v) is 2.62. The highest BCUT2D eigenvalue weighted by atomic mass is 16.5. The molecule has 4 nitrogen and oxygen atoms in total. The average Bonchev–Trinajstić information content (AvgIpc) is 2.71. The van der Waals surface area contributed by atoms with Crippen molar-refractivity contribution in [2.45, 2.75) is 32.4 Å². The quantitative estimate of drug-likeness (QED) is 0.901. The predicted molar refractivity (Wildman–Crippen MR) is 77.4 cm³/mol. The molecule has 1 aromatic rings. The summed E-state index contributed by atoms with van der Waals surface area (Å²) in [5.74, 6) is 2.28. The van der Waals surface area contributed by atoms with E-state index in [0.717, 1.165) is 49.8 Å². The summed E-state index contributed by atoms with van der Waals surface area (Å²) in [6.45, 7) is 7.49. The summed E-state index contributed by atoms with van der Waals surface area (Å²) in [7, 11) is 0. The van der Waals surface area contributed by atoms with Gasteiger partial charge in [-0.25, -0.2) is 0 Å². The van der Waals surface area contributed by atoms with Gasteiger partial charge in [0.2, 0.25) is 0 Å². The molecule has 2 unspecified atom stereocenters. The number of hydrogen-bond donors (Lipinski definition) is 1. The first-order chi connectivity index (χ1) is 9.74. The smallest absolute Gasteiger partial charge is 0.161 e. The van der Waals surface area contributed by atoms with Gasteiger partial charge < -0.3 is 19.5 Å². The second-order valence-corrected chi connectivity index (χ2v) is 5.84. The Morgan fingerprint density at radius 1 is 1.15 bits per heavy atom. The maximum Gasteiger partial charge on any atom is 0.161 e. The zero-order valence-corrected chi connectivity index (χ0v) is 12.2. The molecule has 2 aliphatic heterocycles. The minimum atomic E-state index is 0.0992. The van der Waals surface area contributed by atoms with Crippen LogP contribution in [0.25, 0.3) is 0 Å². The van der Waals surface area contributed by atoms with Gasteiger partial charge in [-0.3, -0.25) is 0 Å². The van der Waals surface area contributed by atoms with Crippen LogP contribution in [0.15, 0.2) is 18.2 Å². The van der Waals surface area contributed by atoms with Crippen molar-refractivity contribution < 1.29 is 14.2 Å². The minimum absolute atomic E-state index is 0.0992. The van der Waals surface area contributed by atoms with Crippen LogP contribution in [0.1, 0.15) is 31.9 Å². The van der Waals surface area contributed by atoms with Crippen LogP contribution in [-0.4, -0.2) is 32.4 Å². The summed E-state index contributed by atoms with van der Waals surface area (Å²) in [5, 5.41) is 3.56. The van der Waals surface area contributed by atoms with Gasteiger partial charge in [-0.15, -0.1) is 0 Å². The normalized spacial score (nSPS) is 26.4. The number of hydrogen-bond acceptors (Lipinski definition) is 4. The largest absolute Gasteiger partial charge is 0.490 e. The Balaban J connectivity index is 1.70. The van der Waals surface area contributed by atoms with Crippen LogP contribution in [0.2, 0.25) is 0 Å². The van der Waals surface area contributed by atoms with Crippen molar-refractivity contribution in [2.24, 2.45) is 5.92 Å². The van der Waals surface area contributed by atoms with E-state index >= 15 is 0 Å². The molecule has 0 saturated carbocycles. The molecule has 0 spiro atoms. The highest BCUT2D eigenvalue weighted by molar-refractivity contribution is 5.44. The van der Waals surface area contributed by atoms with Crippen LogP contribution in [0.4, 0.5) is 0 Å². The molecule has 20 heavy (non-hydrogen) atoms. The zero-order valence-electron chi connectivity index (χ0n) is 12.2. The molecular weight excluding hydrogens is 254 g/mol. The molecule has 1 saturated heterocycles. The molecule has 0 aromatic heterocycles. The molecule has 2 aliphatic rings. The number of benzene rings is 1. The van der Waals surface area contributed by atoms with Gasteiger partial charge in [0.05, 0.1) is 25.9 Å². The molecule has 0 amide bonds. The van der Waals surface area contributed by atoms with Crippen LogP contribution in [0.3, 0.4) is 0 Å². The second-order valence-electron chi connectivity index (χ2n) is 5.84. The molecule has 4 heteroatoms. The fourth-order valence-electron chi connectivity index (χ4n) is 2.62. The van der Waals surface area contributed by atoms with E-state index in [1.54, 1.807) is 0 Å². The molecule has 2 heterocycles. The van der Waals surface area contributed by atoms with E-state index in [-0.39, 0.29) is 6.10 Å². The van der Waals surface area contributed by atoms with Gasteiger partial charge in [-0.1, -0.05) is 19.9 Å². The lowest BCUT2D eigenvalue weighted by atomic mass is 10.0. The van der Waals surface area contributed by atoms with Gasteiger partial charge in [0.15, 0.2) is 11.5 Å². The monoisotopic (exact) mass is 277 g/mol. The molecule has 1 N–H and O–H groups in total. The van der Waals surface area contributed by atoms with Crippen molar-refractivity contribution in [3.8, 4) is 11.5 Å². The molecule has 2 atom stereocenters. The van der Waals surface area contributed by atoms with Crippen LogP contribution in [0, 0.1) is 5.92 Å². The number of nitrogens with one attached hydrogen (secondary N) is 1. The zero-order chi connectivity index (χ0) is 13.9. The van der Waals surface area contributed by atoms with Crippen LogP contribution < -0.4 is 14.8 Å². The van der Waals surface area contributed by atoms with Crippen LogP contribution in [-0.2, 0) is 4.74 Å². The molecule has 1 aromatic carbocycles. The molecule has 1 fully saturated rings. The Morgan fingerprint density at radius 3 is 2.65 bits per heavy atom. The van der Waals surface area contributed by atoms with Crippen molar-refractivity contribution in [1.82, 2.24) is 5.32 Å². The van der Waals surface area contributed by atoms with Crippen molar-refractivity contribution in [1.29, 1.82) is 0 Å². The van der Waals surface area contributed by atoms with Gasteiger partial charge in [0.1, 0.15) is 0 Å². The van der Waals surface area contributed by atoms with Gasteiger partial charge in [0.25, 0.3) is 0 Å². The molecule has 0 radical (unpaired) electrons. The van der Waals surface area contributed by atoms with Crippen LogP contribution in [0.5, 0.6) is 11.5 Å². The van der Waals surface area contributed by atoms with Gasteiger partial charge in [-0.05, 0) is 23.6 Å². The van der Waals surface area contributed by atoms with E-state index in [4.69, 9.17) is 14.2 Å². The maximum absolute atomic E-state index is 6.00. The third-order valence-electron chi connectivity index (χ3n) is 3.99. The first kappa shape index (κ1) is 13.7. The Bertz CT molecular complexity index is 453. The van der Waals surface area contributed by atoms with E-state index in [2.05, 4.69) is 31.3 Å². The predicted octanol–water partition coefficient (Wildman–Crippen LogP) is 2.53. The summed E-state index contributed by atoms with van der Waals surface area (Å²) in [6, 6.07) is 6.58. The van der Waals surface area contributed by atoms with Crippen molar-refractivity contribution in [2.75, 3.05) is 26.4 Å². The first-order valence-corrected chi connectivity index (χ1v) is 7.48. The summed E-state index contributed by atoms with van der Waals surface area (Å²) in [4.78, 5) is 0. The third-order valence-corrected chi connectivity index (χ3v) is 3.99. The standard InChI is InChI=1S/C16H23NO3/c1-11(2)13-10-20-16(9-17-13)12-4-5-14-15(8-12)19-7-3-6-18-14/h4-5,8,11,13,16-17H,3,6-7,9-10H2,1-2H3. The summed E-state index contributed by atoms with van der Waals surface area (Å²) >= 11 is 0. The molecule has 3 rings (SSSR count). The topological polar surface area (TPSA) is 39.7 Å². The number of fused-ring (bicyclic) bond motifs is 1. The van der Waals surface area contributed by atoms with Gasteiger partial charge in [0, 0.05) is 19.0 Å². The second kappa shape index (κ2) is 6.02. The first-order valence-electron chi connectivity index (χ1n) is 7.48. The average molecular weight is 277 g/mol. The minimum Gasteiger partial charge on any atom is -0.490 e. The number of rotatable bonds is 2. The maximum atomic E-state index is 6.00. The van der Waals surface area contributed by atoms with Crippen molar-refractivity contribution in [3.05, 3.63) is 23.8 Å². The molecular formula is C16H23NO3. The summed E-state index contributed by atoms with van der Waals surface area (Å²) in [5.41, 5.74) is 1.16. The SMILES string of the molecule is CC(C)C1COC(c2ccc3c(c2)OCCCO3)CN1. The Morgan fingerprint density at radius 2 is 1.95 bits per heavy atom. The summed E-state index contributed by atoms with van der Waals surface area (Å²) < 4.78 is 17.4. The Kier molecular flexibility index (Phi) is 4.13. The lowest BCUT2D eigenvalue weighted by molar-refractivity contribution is -0.00722. The number of ether oxygens (including phenoxy) is 3. The fraction of sp³-hybridized carbons (Fsp3) is 0.625. The lowest BCUT2D eigenvalue weighted by Crippen LogP contribution is -2.45. The molecule has 0 bridgehead atoms. The van der Waals surface area contributed by atoms with E-state index in [1.807, 2.05) is 6.07 Å². The molecule has 0 aliphatic carbocycles. The van der Waals surface area contributed by atoms with Crippen LogP contribution >= 0.6 is 0 Å². The molecule has 110 valence electrons. The highest BCUT2D eigenvalue weighted by Gasteiger charge is 2.25. The highest BCUT2D eigenvalue weighted by Crippen LogP contribution is 2.33. The van der Waals surface area contributed by atoms with E-state index in [9.17, 15) is 0 Å². The van der Waals surface area contributed by atoms with Gasteiger partial charge >= 0.3 is 0 Å². The van der Waals surface area contributed by atoms with Crippen molar-refractivity contribution >= 4 is 0 Å². The van der Waals surface area contributed by atoms with E-state index in [0.29, 0.717) is 12.0 Å². The number of morpholine rings is 1. The Labute approximate surface area is 120 Å². The summed E-state index contributed by atoms with van der Waals surface area (Å²) in [6.07, 6.45) is 1.03. The Hall–Kier alpha value is -1.26. The third kappa shape index (κ3) is 2.91. The lowest BCUT2D eigenvalue weighted by Gasteiger charge is -2.33. The van der Waals surface area contributed by atoms with Gasteiger partial charge in [-0.2, -0.15) is 0 Å². The van der Waals surface area contributed by atoms with E-state index in [1.165, 1.54) is 0 Å². The van der Waals surface area contributed by atoms with E-state index < -0.39 is 0 Å². The van der Waals surface area contributed by atoms with Crippen molar-refractivity contribution in [3.63, 3.8) is 0 Å².